The molecule has 3 atom stereocenters. The molecule has 4 rings (SSSR count). The van der Waals surface area contributed by atoms with Crippen LogP contribution in [0.2, 0.25) is 0 Å². The van der Waals surface area contributed by atoms with Crippen LogP contribution in [0.3, 0.4) is 0 Å². The van der Waals surface area contributed by atoms with Crippen LogP contribution in [-0.4, -0.2) is 35.5 Å². The summed E-state index contributed by atoms with van der Waals surface area (Å²) in [5, 5.41) is 9.88. The lowest BCUT2D eigenvalue weighted by atomic mass is 9.72. The number of nitrogens with zero attached hydrogens (tertiary/aromatic N) is 2. The van der Waals surface area contributed by atoms with Crippen LogP contribution >= 0.6 is 0 Å². The molecule has 2 aliphatic heterocycles. The molecule has 146 valence electrons. The van der Waals surface area contributed by atoms with Crippen molar-refractivity contribution >= 4 is 11.9 Å². The molecule has 0 spiro atoms. The standard InChI is InChI=1S/C20H19F2N3O3/c1-25-18(27)15-9-17(11-2-4-12(21)5-3-11)28-10-20(15,24-19(25)23)14-8-13(26)6-7-16(14)22/h2-8,15,17,26H,9-10H2,1H3,(H2,23,24)/t15-,17+,20+/m0/s1. The van der Waals surface area contributed by atoms with E-state index in [1.165, 1.54) is 36.2 Å². The van der Waals surface area contributed by atoms with Gasteiger partial charge in [0.1, 0.15) is 22.9 Å². The molecule has 0 bridgehead atoms. The van der Waals surface area contributed by atoms with Crippen molar-refractivity contribution in [3.63, 3.8) is 0 Å². The summed E-state index contributed by atoms with van der Waals surface area (Å²) < 4.78 is 33.9. The first kappa shape index (κ1) is 18.4. The molecule has 28 heavy (non-hydrogen) atoms. The zero-order chi connectivity index (χ0) is 20.1. The number of halogens is 2. The first-order chi connectivity index (χ1) is 13.3. The van der Waals surface area contributed by atoms with Gasteiger partial charge in [-0.3, -0.25) is 9.69 Å². The van der Waals surface area contributed by atoms with E-state index in [9.17, 15) is 18.7 Å². The van der Waals surface area contributed by atoms with Crippen molar-refractivity contribution in [2.45, 2.75) is 18.1 Å². The summed E-state index contributed by atoms with van der Waals surface area (Å²) in [6.45, 7) is -0.111. The highest BCUT2D eigenvalue weighted by molar-refractivity contribution is 6.00. The minimum Gasteiger partial charge on any atom is -0.508 e. The number of phenolic OH excluding ortho intramolecular Hbond substituents is 1. The third-order valence-electron chi connectivity index (χ3n) is 5.48. The van der Waals surface area contributed by atoms with Gasteiger partial charge in [0.2, 0.25) is 5.91 Å². The average Bonchev–Trinajstić information content (AvgIpc) is 2.68. The van der Waals surface area contributed by atoms with Crippen LogP contribution in [0.4, 0.5) is 8.78 Å². The van der Waals surface area contributed by atoms with Gasteiger partial charge < -0.3 is 15.6 Å². The number of fused-ring (bicyclic) bond motifs is 1. The Labute approximate surface area is 160 Å². The molecule has 2 aromatic carbocycles. The predicted octanol–water partition coefficient (Wildman–Crippen LogP) is 2.43. The van der Waals surface area contributed by atoms with E-state index >= 15 is 0 Å². The molecule has 3 N–H and O–H groups in total. The Bertz CT molecular complexity index is 964. The summed E-state index contributed by atoms with van der Waals surface area (Å²) in [4.78, 5) is 18.7. The largest absolute Gasteiger partial charge is 0.508 e. The van der Waals surface area contributed by atoms with Gasteiger partial charge in [-0.1, -0.05) is 12.1 Å². The van der Waals surface area contributed by atoms with Gasteiger partial charge >= 0.3 is 0 Å². The van der Waals surface area contributed by atoms with Gasteiger partial charge in [0, 0.05) is 12.6 Å². The molecule has 2 aromatic rings. The third-order valence-corrected chi connectivity index (χ3v) is 5.48. The molecule has 2 heterocycles. The van der Waals surface area contributed by atoms with Gasteiger partial charge in [-0.25, -0.2) is 13.8 Å². The van der Waals surface area contributed by atoms with Gasteiger partial charge in [0.15, 0.2) is 5.96 Å². The quantitative estimate of drug-likeness (QED) is 0.829. The Balaban J connectivity index is 1.81. The van der Waals surface area contributed by atoms with Crippen molar-refractivity contribution in [2.24, 2.45) is 16.6 Å². The summed E-state index contributed by atoms with van der Waals surface area (Å²) in [7, 11) is 1.51. The van der Waals surface area contributed by atoms with Crippen LogP contribution in [0.1, 0.15) is 23.7 Å². The normalized spacial score (nSPS) is 27.3. The third kappa shape index (κ3) is 2.80. The molecule has 1 saturated heterocycles. The van der Waals surface area contributed by atoms with Crippen LogP contribution in [0.25, 0.3) is 0 Å². The lowest BCUT2D eigenvalue weighted by Gasteiger charge is -2.47. The fourth-order valence-corrected chi connectivity index (χ4v) is 3.93. The van der Waals surface area contributed by atoms with E-state index < -0.39 is 23.4 Å². The number of benzene rings is 2. The Morgan fingerprint density at radius 3 is 2.68 bits per heavy atom. The number of aliphatic imine (C=N–C) groups is 1. The Kier molecular flexibility index (Phi) is 4.30. The molecule has 0 saturated carbocycles. The van der Waals surface area contributed by atoms with E-state index in [1.807, 2.05) is 0 Å². The highest BCUT2D eigenvalue weighted by atomic mass is 19.1. The van der Waals surface area contributed by atoms with Gasteiger partial charge in [0.25, 0.3) is 0 Å². The number of rotatable bonds is 2. The summed E-state index contributed by atoms with van der Waals surface area (Å²) in [6.07, 6.45) is -0.272. The minimum atomic E-state index is -1.38. The SMILES string of the molecule is CN1C(=O)[C@@H]2C[C@H](c3ccc(F)cc3)OC[C@]2(c2cc(O)ccc2F)N=C1N. The van der Waals surface area contributed by atoms with E-state index in [1.54, 1.807) is 12.1 Å². The molecule has 2 aliphatic rings. The van der Waals surface area contributed by atoms with Crippen LogP contribution < -0.4 is 5.73 Å². The molecule has 0 radical (unpaired) electrons. The van der Waals surface area contributed by atoms with E-state index in [2.05, 4.69) is 4.99 Å². The number of carbonyl (C=O) groups excluding carboxylic acids is 1. The number of hydrogen-bond donors (Lipinski definition) is 2. The van der Waals surface area contributed by atoms with Crippen LogP contribution in [0.15, 0.2) is 47.5 Å². The fraction of sp³-hybridized carbons (Fsp3) is 0.300. The number of hydrogen-bond acceptors (Lipinski definition) is 5. The number of guanidine groups is 1. The van der Waals surface area contributed by atoms with Crippen molar-refractivity contribution in [3.05, 3.63) is 65.2 Å². The number of aromatic hydroxyl groups is 1. The first-order valence-corrected chi connectivity index (χ1v) is 8.81. The van der Waals surface area contributed by atoms with Crippen LogP contribution in [0.5, 0.6) is 5.75 Å². The highest BCUT2D eigenvalue weighted by Gasteiger charge is 2.54. The average molecular weight is 387 g/mol. The minimum absolute atomic E-state index is 0.0483. The maximum Gasteiger partial charge on any atom is 0.235 e. The molecule has 8 heteroatoms. The van der Waals surface area contributed by atoms with Crippen molar-refractivity contribution in [1.29, 1.82) is 0 Å². The molecular formula is C20H19F2N3O3. The summed E-state index contributed by atoms with van der Waals surface area (Å²) in [6, 6.07) is 9.42. The molecule has 0 aliphatic carbocycles. The van der Waals surface area contributed by atoms with Gasteiger partial charge in [-0.2, -0.15) is 0 Å². The van der Waals surface area contributed by atoms with Gasteiger partial charge in [-0.05, 0) is 42.3 Å². The second-order valence-electron chi connectivity index (χ2n) is 7.10. The van der Waals surface area contributed by atoms with Gasteiger partial charge in [0.05, 0.1) is 18.6 Å². The maximum absolute atomic E-state index is 14.7. The number of carbonyl (C=O) groups is 1. The van der Waals surface area contributed by atoms with Crippen molar-refractivity contribution in [2.75, 3.05) is 13.7 Å². The summed E-state index contributed by atoms with van der Waals surface area (Å²) in [5.41, 5.74) is 5.31. The lowest BCUT2D eigenvalue weighted by Crippen LogP contribution is -2.58. The monoisotopic (exact) mass is 387 g/mol. The fourth-order valence-electron chi connectivity index (χ4n) is 3.93. The Hall–Kier alpha value is -3.00. The van der Waals surface area contributed by atoms with E-state index in [4.69, 9.17) is 10.5 Å². The van der Waals surface area contributed by atoms with Crippen molar-refractivity contribution in [1.82, 2.24) is 4.90 Å². The second-order valence-corrected chi connectivity index (χ2v) is 7.10. The number of ether oxygens (including phenoxy) is 1. The topological polar surface area (TPSA) is 88.2 Å². The van der Waals surface area contributed by atoms with Crippen LogP contribution in [-0.2, 0) is 15.1 Å². The summed E-state index contributed by atoms with van der Waals surface area (Å²) in [5.74, 6) is -2.25. The van der Waals surface area contributed by atoms with E-state index in [0.717, 1.165) is 6.07 Å². The molecule has 6 nitrogen and oxygen atoms in total. The number of phenols is 1. The Morgan fingerprint density at radius 1 is 1.25 bits per heavy atom. The summed E-state index contributed by atoms with van der Waals surface area (Å²) >= 11 is 0. The lowest BCUT2D eigenvalue weighted by molar-refractivity contribution is -0.146. The maximum atomic E-state index is 14.7. The first-order valence-electron chi connectivity index (χ1n) is 8.81. The zero-order valence-electron chi connectivity index (χ0n) is 15.1. The van der Waals surface area contributed by atoms with E-state index in [-0.39, 0.29) is 42.0 Å². The number of amides is 1. The highest BCUT2D eigenvalue weighted by Crippen LogP contribution is 2.48. The predicted molar refractivity (Wildman–Crippen MR) is 97.3 cm³/mol. The van der Waals surface area contributed by atoms with Crippen molar-refractivity contribution in [3.8, 4) is 5.75 Å². The molecule has 1 amide bonds. The zero-order valence-corrected chi connectivity index (χ0v) is 15.1. The molecule has 0 aromatic heterocycles. The smallest absolute Gasteiger partial charge is 0.235 e. The molecule has 1 fully saturated rings. The molecular weight excluding hydrogens is 368 g/mol. The second kappa shape index (κ2) is 6.56. The molecule has 0 unspecified atom stereocenters. The van der Waals surface area contributed by atoms with E-state index in [0.29, 0.717) is 5.56 Å². The number of nitrogens with two attached hydrogens (primary N) is 1. The van der Waals surface area contributed by atoms with Gasteiger partial charge in [-0.15, -0.1) is 0 Å². The Morgan fingerprint density at radius 2 is 1.96 bits per heavy atom. The van der Waals surface area contributed by atoms with Crippen LogP contribution in [0, 0.1) is 17.6 Å². The van der Waals surface area contributed by atoms with Crippen molar-refractivity contribution < 1.29 is 23.4 Å².